The first-order chi connectivity index (χ1) is 11.3. The van der Waals surface area contributed by atoms with Crippen LogP contribution in [0.25, 0.3) is 0 Å². The van der Waals surface area contributed by atoms with Crippen molar-refractivity contribution in [2.24, 2.45) is 0 Å². The first-order valence-electron chi connectivity index (χ1n) is 8.56. The number of benzene rings is 2. The predicted molar refractivity (Wildman–Crippen MR) is 93.6 cm³/mol. The van der Waals surface area contributed by atoms with Crippen LogP contribution in [0.15, 0.2) is 54.6 Å². The number of ether oxygens (including phenoxy) is 1. The van der Waals surface area contributed by atoms with Crippen LogP contribution in [0.5, 0.6) is 5.75 Å². The summed E-state index contributed by atoms with van der Waals surface area (Å²) in [5.74, 6) is 0.844. The van der Waals surface area contributed by atoms with Crippen LogP contribution in [0.4, 0.5) is 0 Å². The molecule has 0 aliphatic heterocycles. The summed E-state index contributed by atoms with van der Waals surface area (Å²) in [7, 11) is 0. The highest BCUT2D eigenvalue weighted by Crippen LogP contribution is 2.21. The number of aliphatic hydroxyl groups excluding tert-OH is 1. The fraction of sp³-hybridized carbons (Fsp3) is 0.400. The van der Waals surface area contributed by atoms with E-state index in [1.807, 2.05) is 30.3 Å². The van der Waals surface area contributed by atoms with Crippen molar-refractivity contribution in [1.29, 1.82) is 0 Å². The Morgan fingerprint density at radius 3 is 2.58 bits per heavy atom. The Bertz CT molecular complexity index is 563. The molecule has 4 heteroatoms. The number of hydrogen-bond donors (Lipinski definition) is 2. The standard InChI is InChI=1S/C20H27NO2.ClH/c1-2-15-23-19-10-6-9-18(16-19)20(22)12-14-21-13-11-17-7-4-3-5-8-17;/h3-10,16,20-22H,2,11-15H2,1H3;1H. The van der Waals surface area contributed by atoms with Gasteiger partial charge in [0.2, 0.25) is 0 Å². The fourth-order valence-corrected chi connectivity index (χ4v) is 2.53. The van der Waals surface area contributed by atoms with Gasteiger partial charge in [0.05, 0.1) is 25.8 Å². The van der Waals surface area contributed by atoms with Gasteiger partial charge < -0.3 is 27.6 Å². The number of aliphatic hydroxyl groups is 1. The molecule has 2 rings (SSSR count). The molecule has 2 aromatic carbocycles. The third-order valence-corrected chi connectivity index (χ3v) is 3.84. The van der Waals surface area contributed by atoms with E-state index < -0.39 is 6.10 Å². The Kier molecular flexibility index (Phi) is 10.2. The van der Waals surface area contributed by atoms with Gasteiger partial charge in [-0.25, -0.2) is 0 Å². The third kappa shape index (κ3) is 7.35. The first kappa shape index (κ1) is 20.5. The lowest BCUT2D eigenvalue weighted by Gasteiger charge is -2.12. The van der Waals surface area contributed by atoms with Gasteiger partial charge in [0, 0.05) is 12.8 Å². The summed E-state index contributed by atoms with van der Waals surface area (Å²) < 4.78 is 5.62. The van der Waals surface area contributed by atoms with E-state index in [1.54, 1.807) is 0 Å². The zero-order valence-corrected chi connectivity index (χ0v) is 15.1. The second kappa shape index (κ2) is 11.9. The van der Waals surface area contributed by atoms with Crippen molar-refractivity contribution in [1.82, 2.24) is 0 Å². The van der Waals surface area contributed by atoms with Crippen LogP contribution in [0, 0.1) is 0 Å². The van der Waals surface area contributed by atoms with E-state index >= 15 is 0 Å². The van der Waals surface area contributed by atoms with Crippen molar-refractivity contribution in [3.63, 3.8) is 0 Å². The SMILES string of the molecule is CCCOc1cccc(C(O)CC[NH2+]CCc2ccccc2)c1.[Cl-]. The number of hydrogen-bond acceptors (Lipinski definition) is 2. The van der Waals surface area contributed by atoms with Gasteiger partial charge in [-0.2, -0.15) is 0 Å². The average Bonchev–Trinajstić information content (AvgIpc) is 2.60. The molecule has 0 spiro atoms. The van der Waals surface area contributed by atoms with Gasteiger partial charge in [-0.15, -0.1) is 0 Å². The quantitative estimate of drug-likeness (QED) is 0.579. The average molecular weight is 350 g/mol. The summed E-state index contributed by atoms with van der Waals surface area (Å²) >= 11 is 0. The Balaban J connectivity index is 0.00000288. The highest BCUT2D eigenvalue weighted by atomic mass is 35.5. The van der Waals surface area contributed by atoms with Gasteiger partial charge in [0.25, 0.3) is 0 Å². The molecule has 0 aliphatic rings. The van der Waals surface area contributed by atoms with Gasteiger partial charge in [-0.1, -0.05) is 49.4 Å². The van der Waals surface area contributed by atoms with Crippen molar-refractivity contribution in [2.45, 2.75) is 32.3 Å². The number of nitrogens with two attached hydrogens (primary N) is 1. The lowest BCUT2D eigenvalue weighted by atomic mass is 10.1. The van der Waals surface area contributed by atoms with E-state index in [-0.39, 0.29) is 12.4 Å². The third-order valence-electron chi connectivity index (χ3n) is 3.84. The van der Waals surface area contributed by atoms with Crippen LogP contribution >= 0.6 is 0 Å². The van der Waals surface area contributed by atoms with Crippen LogP contribution in [0.3, 0.4) is 0 Å². The van der Waals surface area contributed by atoms with Gasteiger partial charge in [0.1, 0.15) is 5.75 Å². The van der Waals surface area contributed by atoms with Crippen molar-refractivity contribution >= 4 is 0 Å². The molecule has 0 aromatic heterocycles. The van der Waals surface area contributed by atoms with E-state index in [1.165, 1.54) is 5.56 Å². The second-order valence-electron chi connectivity index (χ2n) is 5.83. The van der Waals surface area contributed by atoms with Crippen molar-refractivity contribution in [2.75, 3.05) is 19.7 Å². The highest BCUT2D eigenvalue weighted by Gasteiger charge is 2.09. The minimum absolute atomic E-state index is 0. The van der Waals surface area contributed by atoms with Gasteiger partial charge >= 0.3 is 0 Å². The van der Waals surface area contributed by atoms with Crippen molar-refractivity contribution in [3.8, 4) is 5.75 Å². The van der Waals surface area contributed by atoms with E-state index in [4.69, 9.17) is 4.74 Å². The van der Waals surface area contributed by atoms with Gasteiger partial charge in [-0.3, -0.25) is 0 Å². The van der Waals surface area contributed by atoms with Crippen molar-refractivity contribution < 1.29 is 27.6 Å². The molecule has 0 saturated carbocycles. The minimum atomic E-state index is -0.423. The molecule has 1 unspecified atom stereocenters. The maximum absolute atomic E-state index is 10.3. The summed E-state index contributed by atoms with van der Waals surface area (Å²) in [6.45, 7) is 4.78. The molecular formula is C20H28ClNO2. The maximum atomic E-state index is 10.3. The second-order valence-corrected chi connectivity index (χ2v) is 5.83. The Morgan fingerprint density at radius 2 is 1.83 bits per heavy atom. The predicted octanol–water partition coefficient (Wildman–Crippen LogP) is -0.291. The van der Waals surface area contributed by atoms with E-state index in [0.29, 0.717) is 6.61 Å². The van der Waals surface area contributed by atoms with Gasteiger partial charge in [0.15, 0.2) is 0 Å². The molecule has 0 amide bonds. The van der Waals surface area contributed by atoms with E-state index in [2.05, 4.69) is 36.5 Å². The molecule has 0 heterocycles. The molecule has 132 valence electrons. The number of quaternary nitrogens is 1. The van der Waals surface area contributed by atoms with Crippen LogP contribution in [0.2, 0.25) is 0 Å². The molecule has 2 aromatic rings. The molecule has 3 nitrogen and oxygen atoms in total. The van der Waals surface area contributed by atoms with E-state index in [9.17, 15) is 5.11 Å². The molecule has 0 fully saturated rings. The monoisotopic (exact) mass is 349 g/mol. The number of halogens is 1. The highest BCUT2D eigenvalue weighted by molar-refractivity contribution is 5.29. The normalized spacial score (nSPS) is 11.6. The molecular weight excluding hydrogens is 322 g/mol. The summed E-state index contributed by atoms with van der Waals surface area (Å²) in [5.41, 5.74) is 2.31. The molecule has 3 N–H and O–H groups in total. The van der Waals surface area contributed by atoms with Crippen LogP contribution in [0.1, 0.15) is 37.0 Å². The zero-order chi connectivity index (χ0) is 16.3. The summed E-state index contributed by atoms with van der Waals surface area (Å²) in [4.78, 5) is 0. The smallest absolute Gasteiger partial charge is 0.119 e. The van der Waals surface area contributed by atoms with E-state index in [0.717, 1.165) is 43.7 Å². The largest absolute Gasteiger partial charge is 1.00 e. The Labute approximate surface area is 151 Å². The molecule has 0 radical (unpaired) electrons. The molecule has 0 bridgehead atoms. The Hall–Kier alpha value is -1.55. The summed E-state index contributed by atoms with van der Waals surface area (Å²) in [6, 6.07) is 18.3. The molecule has 0 aliphatic carbocycles. The number of rotatable bonds is 10. The topological polar surface area (TPSA) is 46.1 Å². The lowest BCUT2D eigenvalue weighted by molar-refractivity contribution is -0.655. The zero-order valence-electron chi connectivity index (χ0n) is 14.3. The maximum Gasteiger partial charge on any atom is 0.119 e. The van der Waals surface area contributed by atoms with Crippen molar-refractivity contribution in [3.05, 3.63) is 65.7 Å². The molecule has 24 heavy (non-hydrogen) atoms. The summed E-state index contributed by atoms with van der Waals surface area (Å²) in [5, 5.41) is 12.6. The van der Waals surface area contributed by atoms with Crippen LogP contribution in [-0.2, 0) is 6.42 Å². The van der Waals surface area contributed by atoms with Gasteiger partial charge in [-0.05, 0) is 29.7 Å². The minimum Gasteiger partial charge on any atom is -1.00 e. The molecule has 1 atom stereocenters. The van der Waals surface area contributed by atoms with Crippen LogP contribution in [-0.4, -0.2) is 24.8 Å². The molecule has 0 saturated heterocycles. The Morgan fingerprint density at radius 1 is 1.04 bits per heavy atom. The van der Waals surface area contributed by atoms with Crippen LogP contribution < -0.4 is 22.5 Å². The fourth-order valence-electron chi connectivity index (χ4n) is 2.53. The summed E-state index contributed by atoms with van der Waals surface area (Å²) in [6.07, 6.45) is 2.39. The lowest BCUT2D eigenvalue weighted by Crippen LogP contribution is -3.00. The first-order valence-corrected chi connectivity index (χ1v) is 8.56.